The van der Waals surface area contributed by atoms with E-state index in [1.807, 2.05) is 13.8 Å². The lowest BCUT2D eigenvalue weighted by atomic mass is 10.00. The van der Waals surface area contributed by atoms with E-state index < -0.39 is 11.5 Å². The lowest BCUT2D eigenvalue weighted by molar-refractivity contribution is -0.323. The van der Waals surface area contributed by atoms with Gasteiger partial charge in [-0.1, -0.05) is 0 Å². The predicted octanol–water partition coefficient (Wildman–Crippen LogP) is 0.327. The minimum absolute atomic E-state index is 0.103. The molecule has 2 saturated heterocycles. The quantitative estimate of drug-likeness (QED) is 0.807. The molecule has 2 aliphatic heterocycles. The number of nitrogens with one attached hydrogen (secondary N) is 1. The van der Waals surface area contributed by atoms with Crippen LogP contribution in [0.5, 0.6) is 0 Å². The molecule has 3 rings (SSSR count). The summed E-state index contributed by atoms with van der Waals surface area (Å²) in [5.74, 6) is -0.641. The molecule has 0 bridgehead atoms. The van der Waals surface area contributed by atoms with Crippen molar-refractivity contribution in [3.05, 3.63) is 32.6 Å². The van der Waals surface area contributed by atoms with Gasteiger partial charge in [0.25, 0.3) is 5.56 Å². The number of hydrogen-bond acceptors (Lipinski definition) is 5. The molecule has 2 aliphatic rings. The molecule has 0 radical (unpaired) electrons. The third-order valence-corrected chi connectivity index (χ3v) is 3.99. The number of aromatic nitrogens is 2. The molecule has 0 saturated carbocycles. The van der Waals surface area contributed by atoms with E-state index in [1.165, 1.54) is 4.57 Å². The summed E-state index contributed by atoms with van der Waals surface area (Å²) in [5.41, 5.74) is -0.261. The Balaban J connectivity index is 1.84. The van der Waals surface area contributed by atoms with Gasteiger partial charge in [0.1, 0.15) is 6.10 Å². The fraction of sp³-hybridized carbons (Fsp3) is 0.714. The number of fused-ring (bicyclic) bond motifs is 1. The highest BCUT2D eigenvalue weighted by Crippen LogP contribution is 2.32. The number of aromatic amines is 1. The molecule has 0 spiro atoms. The summed E-state index contributed by atoms with van der Waals surface area (Å²) >= 11 is 0. The Morgan fingerprint density at radius 2 is 2.05 bits per heavy atom. The van der Waals surface area contributed by atoms with Crippen molar-refractivity contribution in [2.24, 2.45) is 0 Å². The first-order valence-corrected chi connectivity index (χ1v) is 7.11. The van der Waals surface area contributed by atoms with E-state index in [0.29, 0.717) is 25.2 Å². The molecule has 7 nitrogen and oxygen atoms in total. The number of nitrogens with zero attached hydrogens (tertiary/aromatic N) is 1. The van der Waals surface area contributed by atoms with Crippen LogP contribution in [-0.2, 0) is 14.2 Å². The lowest BCUT2D eigenvalue weighted by Gasteiger charge is -2.45. The van der Waals surface area contributed by atoms with Crippen LogP contribution in [0, 0.1) is 6.92 Å². The number of hydrogen-bond donors (Lipinski definition) is 1. The predicted molar refractivity (Wildman–Crippen MR) is 74.4 cm³/mol. The molecule has 1 aromatic heterocycles. The van der Waals surface area contributed by atoms with Gasteiger partial charge in [-0.2, -0.15) is 0 Å². The third-order valence-electron chi connectivity index (χ3n) is 3.99. The highest BCUT2D eigenvalue weighted by Gasteiger charge is 2.41. The number of ether oxygens (including phenoxy) is 3. The summed E-state index contributed by atoms with van der Waals surface area (Å²) in [6.45, 7) is 6.30. The Hall–Kier alpha value is -1.44. The van der Waals surface area contributed by atoms with Gasteiger partial charge in [0.05, 0.1) is 25.4 Å². The van der Waals surface area contributed by atoms with E-state index in [9.17, 15) is 9.59 Å². The van der Waals surface area contributed by atoms with Gasteiger partial charge in [0.15, 0.2) is 5.79 Å². The zero-order chi connectivity index (χ0) is 15.2. The molecule has 7 heteroatoms. The number of rotatable bonds is 1. The van der Waals surface area contributed by atoms with Gasteiger partial charge in [-0.25, -0.2) is 4.79 Å². The van der Waals surface area contributed by atoms with Crippen molar-refractivity contribution >= 4 is 0 Å². The van der Waals surface area contributed by atoms with Crippen molar-refractivity contribution in [1.29, 1.82) is 0 Å². The van der Waals surface area contributed by atoms with E-state index >= 15 is 0 Å². The van der Waals surface area contributed by atoms with E-state index in [4.69, 9.17) is 14.2 Å². The van der Waals surface area contributed by atoms with Crippen LogP contribution in [0.15, 0.2) is 15.8 Å². The van der Waals surface area contributed by atoms with Crippen LogP contribution in [0.25, 0.3) is 0 Å². The second kappa shape index (κ2) is 5.08. The third kappa shape index (κ3) is 2.81. The second-order valence-corrected chi connectivity index (χ2v) is 6.11. The highest BCUT2D eigenvalue weighted by atomic mass is 16.7. The van der Waals surface area contributed by atoms with Crippen molar-refractivity contribution in [3.8, 4) is 0 Å². The number of aryl methyl sites for hydroxylation is 1. The SMILES string of the molecule is Cc1cn([C@H]2CO[C@H]3COC(C)(C)O[C@@H]3C2)c(=O)[nH]c1=O. The molecule has 0 aromatic carbocycles. The Labute approximate surface area is 121 Å². The van der Waals surface area contributed by atoms with Crippen molar-refractivity contribution in [2.45, 2.75) is 51.2 Å². The average Bonchev–Trinajstić information content (AvgIpc) is 2.41. The normalized spacial score (nSPS) is 31.7. The molecule has 21 heavy (non-hydrogen) atoms. The van der Waals surface area contributed by atoms with Crippen LogP contribution in [0.2, 0.25) is 0 Å². The van der Waals surface area contributed by atoms with Gasteiger partial charge in [0, 0.05) is 11.8 Å². The first kappa shape index (κ1) is 14.5. The maximum atomic E-state index is 12.0. The fourth-order valence-corrected chi connectivity index (χ4v) is 2.84. The van der Waals surface area contributed by atoms with Gasteiger partial charge in [0.2, 0.25) is 0 Å². The van der Waals surface area contributed by atoms with E-state index in [0.717, 1.165) is 0 Å². The van der Waals surface area contributed by atoms with Crippen molar-refractivity contribution in [1.82, 2.24) is 9.55 Å². The Morgan fingerprint density at radius 3 is 2.81 bits per heavy atom. The lowest BCUT2D eigenvalue weighted by Crippen LogP contribution is -2.54. The molecule has 2 fully saturated rings. The molecule has 1 N–H and O–H groups in total. The van der Waals surface area contributed by atoms with Crippen LogP contribution in [0.1, 0.15) is 31.9 Å². The molecule has 3 heterocycles. The Bertz CT molecular complexity index is 647. The highest BCUT2D eigenvalue weighted by molar-refractivity contribution is 5.02. The second-order valence-electron chi connectivity index (χ2n) is 6.11. The van der Waals surface area contributed by atoms with Gasteiger partial charge < -0.3 is 14.2 Å². The van der Waals surface area contributed by atoms with Crippen LogP contribution >= 0.6 is 0 Å². The minimum atomic E-state index is -0.641. The molecular weight excluding hydrogens is 276 g/mol. The Morgan fingerprint density at radius 1 is 1.29 bits per heavy atom. The monoisotopic (exact) mass is 296 g/mol. The first-order valence-electron chi connectivity index (χ1n) is 7.11. The maximum absolute atomic E-state index is 12.0. The van der Waals surface area contributed by atoms with Crippen LogP contribution < -0.4 is 11.2 Å². The van der Waals surface area contributed by atoms with E-state index in [-0.39, 0.29) is 23.8 Å². The molecule has 1 aromatic rings. The zero-order valence-electron chi connectivity index (χ0n) is 12.4. The minimum Gasteiger partial charge on any atom is -0.371 e. The standard InChI is InChI=1S/C14H20N2O5/c1-8-5-16(13(18)15-12(8)17)9-4-10-11(19-6-9)7-20-14(2,3)21-10/h5,9-11H,4,6-7H2,1-3H3,(H,15,17,18)/t9-,10-,11+/m1/s1. The van der Waals surface area contributed by atoms with Gasteiger partial charge >= 0.3 is 5.69 Å². The largest absolute Gasteiger partial charge is 0.371 e. The maximum Gasteiger partial charge on any atom is 0.328 e. The fourth-order valence-electron chi connectivity index (χ4n) is 2.84. The van der Waals surface area contributed by atoms with Crippen molar-refractivity contribution in [3.63, 3.8) is 0 Å². The summed E-state index contributed by atoms with van der Waals surface area (Å²) in [5, 5.41) is 0. The summed E-state index contributed by atoms with van der Waals surface area (Å²) in [6, 6.07) is -0.150. The van der Waals surface area contributed by atoms with Gasteiger partial charge in [-0.15, -0.1) is 0 Å². The van der Waals surface area contributed by atoms with Crippen molar-refractivity contribution < 1.29 is 14.2 Å². The summed E-state index contributed by atoms with van der Waals surface area (Å²) < 4.78 is 18.8. The average molecular weight is 296 g/mol. The van der Waals surface area contributed by atoms with Crippen molar-refractivity contribution in [2.75, 3.05) is 13.2 Å². The molecule has 116 valence electrons. The molecular formula is C14H20N2O5. The summed E-state index contributed by atoms with van der Waals surface area (Å²) in [7, 11) is 0. The molecule has 0 unspecified atom stereocenters. The smallest absolute Gasteiger partial charge is 0.328 e. The number of H-pyrrole nitrogens is 1. The van der Waals surface area contributed by atoms with Crippen LogP contribution in [0.4, 0.5) is 0 Å². The Kier molecular flexibility index (Phi) is 3.51. The molecule has 3 atom stereocenters. The van der Waals surface area contributed by atoms with Gasteiger partial charge in [-0.05, 0) is 27.2 Å². The topological polar surface area (TPSA) is 82.6 Å². The first-order chi connectivity index (χ1) is 9.85. The summed E-state index contributed by atoms with van der Waals surface area (Å²) in [6.07, 6.45) is 2.02. The van der Waals surface area contributed by atoms with Gasteiger partial charge in [-0.3, -0.25) is 14.3 Å². The van der Waals surface area contributed by atoms with Crippen LogP contribution in [0.3, 0.4) is 0 Å². The summed E-state index contributed by atoms with van der Waals surface area (Å²) in [4.78, 5) is 25.7. The van der Waals surface area contributed by atoms with E-state index in [1.54, 1.807) is 13.1 Å². The molecule has 0 aliphatic carbocycles. The molecule has 0 amide bonds. The van der Waals surface area contributed by atoms with E-state index in [2.05, 4.69) is 4.98 Å². The van der Waals surface area contributed by atoms with Crippen LogP contribution in [-0.4, -0.2) is 40.8 Å². The zero-order valence-corrected chi connectivity index (χ0v) is 12.4.